The van der Waals surface area contributed by atoms with E-state index in [1.807, 2.05) is 12.1 Å². The molecule has 0 spiro atoms. The van der Waals surface area contributed by atoms with E-state index < -0.39 is 0 Å². The van der Waals surface area contributed by atoms with Gasteiger partial charge in [0.05, 0.1) is 0 Å². The summed E-state index contributed by atoms with van der Waals surface area (Å²) in [7, 11) is 0. The van der Waals surface area contributed by atoms with Gasteiger partial charge < -0.3 is 5.32 Å². The molecule has 94 valence electrons. The summed E-state index contributed by atoms with van der Waals surface area (Å²) >= 11 is 0. The van der Waals surface area contributed by atoms with Crippen LogP contribution in [-0.4, -0.2) is 6.04 Å². The first kappa shape index (κ1) is 12.4. The summed E-state index contributed by atoms with van der Waals surface area (Å²) in [6.07, 6.45) is 4.86. The van der Waals surface area contributed by atoms with Crippen molar-refractivity contribution in [3.05, 3.63) is 29.6 Å². The van der Waals surface area contributed by atoms with Gasteiger partial charge in [0.15, 0.2) is 0 Å². The topological polar surface area (TPSA) is 12.0 Å². The lowest BCUT2D eigenvalue weighted by Crippen LogP contribution is -2.29. The first-order valence-electron chi connectivity index (χ1n) is 6.49. The summed E-state index contributed by atoms with van der Waals surface area (Å²) in [6, 6.07) is 5.92. The third kappa shape index (κ3) is 3.21. The Morgan fingerprint density at radius 2 is 1.88 bits per heavy atom. The third-order valence-electron chi connectivity index (χ3n) is 3.88. The fourth-order valence-corrected chi connectivity index (χ4v) is 2.46. The van der Waals surface area contributed by atoms with Crippen LogP contribution in [0.1, 0.15) is 45.1 Å². The zero-order valence-electron chi connectivity index (χ0n) is 11.0. The molecule has 0 amide bonds. The second-order valence-corrected chi connectivity index (χ2v) is 6.05. The van der Waals surface area contributed by atoms with Crippen molar-refractivity contribution in [2.45, 2.75) is 52.5 Å². The standard InChI is InChI=1S/C15H22FN/c1-11-4-5-13(10-14(11)16)17-12-6-8-15(2,3)9-7-12/h4-5,10,12,17H,6-9H2,1-3H3. The Morgan fingerprint density at radius 1 is 1.24 bits per heavy atom. The highest BCUT2D eigenvalue weighted by Crippen LogP contribution is 2.36. The lowest BCUT2D eigenvalue weighted by Gasteiger charge is -2.35. The highest BCUT2D eigenvalue weighted by Gasteiger charge is 2.26. The SMILES string of the molecule is Cc1ccc(NC2CCC(C)(C)CC2)cc1F. The highest BCUT2D eigenvalue weighted by atomic mass is 19.1. The average Bonchev–Trinajstić information content (AvgIpc) is 2.27. The van der Waals surface area contributed by atoms with Crippen LogP contribution in [-0.2, 0) is 0 Å². The predicted octanol–water partition coefficient (Wildman–Crippen LogP) is 4.51. The van der Waals surface area contributed by atoms with Crippen LogP contribution in [0.3, 0.4) is 0 Å². The van der Waals surface area contributed by atoms with E-state index in [9.17, 15) is 4.39 Å². The summed E-state index contributed by atoms with van der Waals surface area (Å²) in [5.74, 6) is -0.119. The minimum absolute atomic E-state index is 0.119. The highest BCUT2D eigenvalue weighted by molar-refractivity contribution is 5.46. The van der Waals surface area contributed by atoms with Crippen LogP contribution in [0.2, 0.25) is 0 Å². The number of anilines is 1. The average molecular weight is 235 g/mol. The molecule has 1 aliphatic carbocycles. The van der Waals surface area contributed by atoms with E-state index in [0.717, 1.165) is 5.69 Å². The van der Waals surface area contributed by atoms with Crippen LogP contribution in [0.15, 0.2) is 18.2 Å². The van der Waals surface area contributed by atoms with Gasteiger partial charge in [0.25, 0.3) is 0 Å². The van der Waals surface area contributed by atoms with Gasteiger partial charge in [-0.1, -0.05) is 19.9 Å². The van der Waals surface area contributed by atoms with Gasteiger partial charge in [0.1, 0.15) is 5.82 Å². The molecule has 1 aromatic rings. The van der Waals surface area contributed by atoms with Gasteiger partial charge in [-0.25, -0.2) is 4.39 Å². The van der Waals surface area contributed by atoms with E-state index in [2.05, 4.69) is 19.2 Å². The van der Waals surface area contributed by atoms with Gasteiger partial charge >= 0.3 is 0 Å². The van der Waals surface area contributed by atoms with Crippen molar-refractivity contribution >= 4 is 5.69 Å². The molecule has 2 rings (SSSR count). The number of benzene rings is 1. The molecule has 0 aromatic heterocycles. The quantitative estimate of drug-likeness (QED) is 0.795. The monoisotopic (exact) mass is 235 g/mol. The molecule has 1 fully saturated rings. The number of halogens is 1. The van der Waals surface area contributed by atoms with Crippen LogP contribution in [0.4, 0.5) is 10.1 Å². The van der Waals surface area contributed by atoms with E-state index in [-0.39, 0.29) is 5.82 Å². The molecule has 0 bridgehead atoms. The largest absolute Gasteiger partial charge is 0.382 e. The number of aryl methyl sites for hydroxylation is 1. The summed E-state index contributed by atoms with van der Waals surface area (Å²) < 4.78 is 13.4. The Bertz CT molecular complexity index is 388. The molecule has 0 aliphatic heterocycles. The Balaban J connectivity index is 1.95. The normalized spacial score (nSPS) is 20.2. The lowest BCUT2D eigenvalue weighted by molar-refractivity contribution is 0.232. The van der Waals surface area contributed by atoms with Gasteiger partial charge in [0, 0.05) is 11.7 Å². The predicted molar refractivity (Wildman–Crippen MR) is 70.8 cm³/mol. The van der Waals surface area contributed by atoms with E-state index in [4.69, 9.17) is 0 Å². The number of hydrogen-bond donors (Lipinski definition) is 1. The van der Waals surface area contributed by atoms with E-state index in [0.29, 0.717) is 17.0 Å². The number of rotatable bonds is 2. The zero-order valence-corrected chi connectivity index (χ0v) is 11.0. The first-order chi connectivity index (χ1) is 7.96. The Labute approximate surface area is 103 Å². The van der Waals surface area contributed by atoms with Crippen LogP contribution >= 0.6 is 0 Å². The fourth-order valence-electron chi connectivity index (χ4n) is 2.46. The van der Waals surface area contributed by atoms with Gasteiger partial charge in [-0.3, -0.25) is 0 Å². The van der Waals surface area contributed by atoms with Crippen LogP contribution in [0.5, 0.6) is 0 Å². The lowest BCUT2D eigenvalue weighted by atomic mass is 9.75. The molecule has 0 radical (unpaired) electrons. The molecule has 1 N–H and O–H groups in total. The minimum atomic E-state index is -0.119. The Kier molecular flexibility index (Phi) is 3.41. The van der Waals surface area contributed by atoms with E-state index in [1.165, 1.54) is 25.7 Å². The second-order valence-electron chi connectivity index (χ2n) is 6.05. The van der Waals surface area contributed by atoms with Crippen molar-refractivity contribution in [1.29, 1.82) is 0 Å². The molecule has 17 heavy (non-hydrogen) atoms. The summed E-state index contributed by atoms with van der Waals surface area (Å²) in [4.78, 5) is 0. The molecule has 1 saturated carbocycles. The van der Waals surface area contributed by atoms with E-state index in [1.54, 1.807) is 13.0 Å². The van der Waals surface area contributed by atoms with Gasteiger partial charge in [-0.05, 0) is 55.7 Å². The number of hydrogen-bond acceptors (Lipinski definition) is 1. The molecule has 1 nitrogen and oxygen atoms in total. The molecular weight excluding hydrogens is 213 g/mol. The summed E-state index contributed by atoms with van der Waals surface area (Å²) in [5, 5.41) is 3.45. The van der Waals surface area contributed by atoms with Crippen LogP contribution in [0, 0.1) is 18.2 Å². The third-order valence-corrected chi connectivity index (χ3v) is 3.88. The zero-order chi connectivity index (χ0) is 12.5. The van der Waals surface area contributed by atoms with Crippen molar-refractivity contribution in [3.8, 4) is 0 Å². The van der Waals surface area contributed by atoms with Gasteiger partial charge in [-0.15, -0.1) is 0 Å². The first-order valence-corrected chi connectivity index (χ1v) is 6.49. The van der Waals surface area contributed by atoms with Crippen LogP contribution in [0.25, 0.3) is 0 Å². The van der Waals surface area contributed by atoms with Crippen molar-refractivity contribution in [3.63, 3.8) is 0 Å². The molecule has 0 unspecified atom stereocenters. The molecule has 1 aliphatic rings. The maximum atomic E-state index is 13.4. The van der Waals surface area contributed by atoms with Gasteiger partial charge in [0.2, 0.25) is 0 Å². The fraction of sp³-hybridized carbons (Fsp3) is 0.600. The van der Waals surface area contributed by atoms with Crippen LogP contribution < -0.4 is 5.32 Å². The van der Waals surface area contributed by atoms with Crippen molar-refractivity contribution in [2.75, 3.05) is 5.32 Å². The molecule has 2 heteroatoms. The Morgan fingerprint density at radius 3 is 2.47 bits per heavy atom. The molecule has 1 aromatic carbocycles. The molecule has 0 heterocycles. The summed E-state index contributed by atoms with van der Waals surface area (Å²) in [6.45, 7) is 6.45. The van der Waals surface area contributed by atoms with E-state index >= 15 is 0 Å². The number of nitrogens with one attached hydrogen (secondary N) is 1. The van der Waals surface area contributed by atoms with Gasteiger partial charge in [-0.2, -0.15) is 0 Å². The Hall–Kier alpha value is -1.05. The maximum Gasteiger partial charge on any atom is 0.128 e. The smallest absolute Gasteiger partial charge is 0.128 e. The van der Waals surface area contributed by atoms with Crippen molar-refractivity contribution in [1.82, 2.24) is 0 Å². The molecular formula is C15H22FN. The molecule has 0 saturated heterocycles. The maximum absolute atomic E-state index is 13.4. The van der Waals surface area contributed by atoms with Crippen molar-refractivity contribution < 1.29 is 4.39 Å². The minimum Gasteiger partial charge on any atom is -0.382 e. The summed E-state index contributed by atoms with van der Waals surface area (Å²) in [5.41, 5.74) is 2.11. The van der Waals surface area contributed by atoms with Crippen molar-refractivity contribution in [2.24, 2.45) is 5.41 Å². The molecule has 0 atom stereocenters. The second kappa shape index (κ2) is 4.67.